The third kappa shape index (κ3) is 3.28. The molecule has 1 aromatic heterocycles. The molecule has 0 radical (unpaired) electrons. The van der Waals surface area contributed by atoms with Crippen molar-refractivity contribution in [1.82, 2.24) is 0 Å². The fourth-order valence-corrected chi connectivity index (χ4v) is 2.21. The Morgan fingerprint density at radius 1 is 1.45 bits per heavy atom. The molecule has 118 valence electrons. The van der Waals surface area contributed by atoms with Gasteiger partial charge in [0.2, 0.25) is 0 Å². The topological polar surface area (TPSA) is 103 Å². The number of primary amides is 1. The Morgan fingerprint density at radius 2 is 2.18 bits per heavy atom. The predicted octanol–water partition coefficient (Wildman–Crippen LogP) is 1.60. The molecule has 6 nitrogen and oxygen atoms in total. The van der Waals surface area contributed by atoms with E-state index in [-0.39, 0.29) is 17.8 Å². The first-order chi connectivity index (χ1) is 10.4. The molecule has 22 heavy (non-hydrogen) atoms. The van der Waals surface area contributed by atoms with Crippen molar-refractivity contribution in [1.29, 1.82) is 0 Å². The van der Waals surface area contributed by atoms with E-state index in [1.54, 1.807) is 19.1 Å². The van der Waals surface area contributed by atoms with Crippen molar-refractivity contribution in [3.8, 4) is 5.75 Å². The molecule has 3 N–H and O–H groups in total. The van der Waals surface area contributed by atoms with Crippen molar-refractivity contribution in [2.45, 2.75) is 32.8 Å². The number of aliphatic hydroxyl groups excluding tert-OH is 1. The van der Waals surface area contributed by atoms with E-state index in [1.807, 2.05) is 6.92 Å². The van der Waals surface area contributed by atoms with Crippen molar-refractivity contribution in [2.24, 2.45) is 5.73 Å². The standard InChI is InChI=1S/C16H19NO5/c1-3-4-10-5-6-12(21-8-9(2)18)14-11(19)7-13(16(17)20)22-15(10)14/h5-7,9,18H,3-4,8H2,1-2H3,(H2,17,20). The van der Waals surface area contributed by atoms with Gasteiger partial charge in [-0.1, -0.05) is 19.4 Å². The summed E-state index contributed by atoms with van der Waals surface area (Å²) in [7, 11) is 0. The second-order valence-corrected chi connectivity index (χ2v) is 5.18. The molecule has 6 heteroatoms. The Hall–Kier alpha value is -2.34. The Kier molecular flexibility index (Phi) is 4.82. The summed E-state index contributed by atoms with van der Waals surface area (Å²) < 4.78 is 11.0. The van der Waals surface area contributed by atoms with Crippen LogP contribution in [0.3, 0.4) is 0 Å². The highest BCUT2D eigenvalue weighted by molar-refractivity contribution is 5.93. The Balaban J connectivity index is 2.67. The number of hydrogen-bond acceptors (Lipinski definition) is 5. The molecular weight excluding hydrogens is 286 g/mol. The number of ether oxygens (including phenoxy) is 1. The van der Waals surface area contributed by atoms with E-state index in [9.17, 15) is 14.7 Å². The lowest BCUT2D eigenvalue weighted by molar-refractivity contribution is 0.0974. The number of hydrogen-bond donors (Lipinski definition) is 2. The van der Waals surface area contributed by atoms with E-state index in [2.05, 4.69) is 0 Å². The molecule has 0 spiro atoms. The molecule has 1 unspecified atom stereocenters. The van der Waals surface area contributed by atoms with Crippen LogP contribution in [0.2, 0.25) is 0 Å². The van der Waals surface area contributed by atoms with Gasteiger partial charge in [0, 0.05) is 6.07 Å². The van der Waals surface area contributed by atoms with E-state index in [4.69, 9.17) is 14.9 Å². The van der Waals surface area contributed by atoms with Crippen molar-refractivity contribution < 1.29 is 19.1 Å². The number of fused-ring (bicyclic) bond motifs is 1. The second-order valence-electron chi connectivity index (χ2n) is 5.18. The molecule has 0 saturated carbocycles. The number of carbonyl (C=O) groups excluding carboxylic acids is 1. The molecule has 0 bridgehead atoms. The maximum Gasteiger partial charge on any atom is 0.284 e. The normalized spacial score (nSPS) is 12.3. The van der Waals surface area contributed by atoms with Gasteiger partial charge < -0.3 is 20.0 Å². The number of carbonyl (C=O) groups is 1. The summed E-state index contributed by atoms with van der Waals surface area (Å²) in [6.45, 7) is 3.64. The highest BCUT2D eigenvalue weighted by atomic mass is 16.5. The molecule has 0 fully saturated rings. The smallest absolute Gasteiger partial charge is 0.284 e. The number of rotatable bonds is 6. The molecule has 1 atom stereocenters. The van der Waals surface area contributed by atoms with Gasteiger partial charge in [0.05, 0.1) is 6.10 Å². The van der Waals surface area contributed by atoms with Gasteiger partial charge in [-0.3, -0.25) is 9.59 Å². The molecule has 0 aliphatic rings. The average Bonchev–Trinajstić information content (AvgIpc) is 2.46. The first-order valence-corrected chi connectivity index (χ1v) is 7.14. The number of nitrogens with two attached hydrogens (primary N) is 1. The lowest BCUT2D eigenvalue weighted by Crippen LogP contribution is -2.17. The lowest BCUT2D eigenvalue weighted by atomic mass is 10.1. The number of aliphatic hydroxyl groups is 1. The molecule has 0 aliphatic carbocycles. The molecule has 2 aromatic rings. The molecular formula is C16H19NO5. The first-order valence-electron chi connectivity index (χ1n) is 7.14. The van der Waals surface area contributed by atoms with Crippen LogP contribution in [0.1, 0.15) is 36.4 Å². The Bertz CT molecular complexity index is 748. The van der Waals surface area contributed by atoms with Crippen molar-refractivity contribution in [3.63, 3.8) is 0 Å². The van der Waals surface area contributed by atoms with Crippen LogP contribution in [-0.4, -0.2) is 23.7 Å². The predicted molar refractivity (Wildman–Crippen MR) is 82.2 cm³/mol. The second kappa shape index (κ2) is 6.62. The van der Waals surface area contributed by atoms with Crippen LogP contribution in [0, 0.1) is 0 Å². The van der Waals surface area contributed by atoms with Crippen molar-refractivity contribution in [3.05, 3.63) is 39.7 Å². The number of amides is 1. The summed E-state index contributed by atoms with van der Waals surface area (Å²) in [5.41, 5.74) is 5.92. The van der Waals surface area contributed by atoms with Crippen LogP contribution in [0.5, 0.6) is 5.75 Å². The first kappa shape index (κ1) is 16.0. The van der Waals surface area contributed by atoms with Gasteiger partial charge in [-0.05, 0) is 25.0 Å². The van der Waals surface area contributed by atoms with Gasteiger partial charge in [0.25, 0.3) is 5.91 Å². The number of benzene rings is 1. The van der Waals surface area contributed by atoms with Gasteiger partial charge in [0.15, 0.2) is 11.2 Å². The highest BCUT2D eigenvalue weighted by Gasteiger charge is 2.16. The van der Waals surface area contributed by atoms with Crippen LogP contribution < -0.4 is 15.9 Å². The molecule has 2 rings (SSSR count). The van der Waals surface area contributed by atoms with E-state index >= 15 is 0 Å². The lowest BCUT2D eigenvalue weighted by Gasteiger charge is -2.12. The zero-order valence-electron chi connectivity index (χ0n) is 12.6. The minimum absolute atomic E-state index is 0.0548. The van der Waals surface area contributed by atoms with Crippen LogP contribution in [0.25, 0.3) is 11.0 Å². The zero-order valence-corrected chi connectivity index (χ0v) is 12.6. The maximum atomic E-state index is 12.3. The molecule has 0 aliphatic heterocycles. The largest absolute Gasteiger partial charge is 0.490 e. The third-order valence-corrected chi connectivity index (χ3v) is 3.16. The van der Waals surface area contributed by atoms with Crippen LogP contribution in [0.15, 0.2) is 27.4 Å². The zero-order chi connectivity index (χ0) is 16.3. The minimum Gasteiger partial charge on any atom is -0.490 e. The number of aryl methyl sites for hydroxylation is 1. The summed E-state index contributed by atoms with van der Waals surface area (Å²) in [5.74, 6) is -0.653. The van der Waals surface area contributed by atoms with Gasteiger partial charge in [-0.2, -0.15) is 0 Å². The SMILES string of the molecule is CCCc1ccc(OCC(C)O)c2c(=O)cc(C(N)=O)oc12. The molecule has 1 aromatic carbocycles. The van der Waals surface area contributed by atoms with Gasteiger partial charge in [0.1, 0.15) is 23.3 Å². The van der Waals surface area contributed by atoms with E-state index in [0.717, 1.165) is 18.1 Å². The summed E-state index contributed by atoms with van der Waals surface area (Å²) in [4.78, 5) is 23.6. The van der Waals surface area contributed by atoms with Gasteiger partial charge in [-0.15, -0.1) is 0 Å². The molecule has 0 saturated heterocycles. The maximum absolute atomic E-state index is 12.3. The fourth-order valence-electron chi connectivity index (χ4n) is 2.21. The monoisotopic (exact) mass is 305 g/mol. The summed E-state index contributed by atoms with van der Waals surface area (Å²) in [5, 5.41) is 9.58. The van der Waals surface area contributed by atoms with Crippen LogP contribution in [-0.2, 0) is 6.42 Å². The Morgan fingerprint density at radius 3 is 2.77 bits per heavy atom. The van der Waals surface area contributed by atoms with E-state index in [1.165, 1.54) is 0 Å². The van der Waals surface area contributed by atoms with Gasteiger partial charge >= 0.3 is 0 Å². The summed E-state index contributed by atoms with van der Waals surface area (Å²) in [6, 6.07) is 4.53. The van der Waals surface area contributed by atoms with Gasteiger partial charge in [-0.25, -0.2) is 0 Å². The molecule has 1 heterocycles. The van der Waals surface area contributed by atoms with E-state index < -0.39 is 17.4 Å². The summed E-state index contributed by atoms with van der Waals surface area (Å²) >= 11 is 0. The summed E-state index contributed by atoms with van der Waals surface area (Å²) in [6.07, 6.45) is 0.883. The van der Waals surface area contributed by atoms with Crippen LogP contribution in [0.4, 0.5) is 0 Å². The average molecular weight is 305 g/mol. The molecule has 1 amide bonds. The Labute approximate surface area is 127 Å². The quantitative estimate of drug-likeness (QED) is 0.844. The fraction of sp³-hybridized carbons (Fsp3) is 0.375. The third-order valence-electron chi connectivity index (χ3n) is 3.16. The minimum atomic E-state index is -0.795. The van der Waals surface area contributed by atoms with Crippen LogP contribution >= 0.6 is 0 Å². The van der Waals surface area contributed by atoms with E-state index in [0.29, 0.717) is 17.8 Å². The van der Waals surface area contributed by atoms with Crippen molar-refractivity contribution in [2.75, 3.05) is 6.61 Å². The highest BCUT2D eigenvalue weighted by Crippen LogP contribution is 2.28. The van der Waals surface area contributed by atoms with Crippen molar-refractivity contribution >= 4 is 16.9 Å².